The summed E-state index contributed by atoms with van der Waals surface area (Å²) in [6.07, 6.45) is 2.08. The minimum Gasteiger partial charge on any atom is -0.455 e. The van der Waals surface area contributed by atoms with Gasteiger partial charge in [-0.1, -0.05) is 59.7 Å². The highest BCUT2D eigenvalue weighted by Gasteiger charge is 2.24. The van der Waals surface area contributed by atoms with Gasteiger partial charge in [0.25, 0.3) is 0 Å². The summed E-state index contributed by atoms with van der Waals surface area (Å²) in [5.41, 5.74) is 9.93. The molecule has 0 unspecified atom stereocenters. The van der Waals surface area contributed by atoms with Gasteiger partial charge < -0.3 is 4.42 Å². The smallest absolute Gasteiger partial charge is 0.216 e. The molecule has 0 saturated heterocycles. The highest BCUT2D eigenvalue weighted by molar-refractivity contribution is 6.10. The number of pyridine rings is 2. The predicted molar refractivity (Wildman–Crippen MR) is 146 cm³/mol. The zero-order valence-corrected chi connectivity index (χ0v) is 22.2. The molecule has 3 nitrogen and oxygen atoms in total. The van der Waals surface area contributed by atoms with Gasteiger partial charge in [-0.3, -0.25) is 4.98 Å². The van der Waals surface area contributed by atoms with Crippen LogP contribution in [0.3, 0.4) is 0 Å². The van der Waals surface area contributed by atoms with E-state index < -0.39 is 0 Å². The Bertz CT molecular complexity index is 1540. The molecule has 0 radical (unpaired) electrons. The molecule has 0 aliphatic heterocycles. The van der Waals surface area contributed by atoms with E-state index in [9.17, 15) is 0 Å². The second-order valence-electron chi connectivity index (χ2n) is 11.8. The van der Waals surface area contributed by atoms with Crippen molar-refractivity contribution in [2.75, 3.05) is 0 Å². The lowest BCUT2D eigenvalue weighted by atomic mass is 9.85. The first-order valence-corrected chi connectivity index (χ1v) is 12.4. The van der Waals surface area contributed by atoms with Crippen molar-refractivity contribution in [1.82, 2.24) is 4.98 Å². The largest absolute Gasteiger partial charge is 0.455 e. The third-order valence-corrected chi connectivity index (χ3v) is 6.85. The maximum Gasteiger partial charge on any atom is 0.216 e. The van der Waals surface area contributed by atoms with E-state index in [0.717, 1.165) is 44.6 Å². The van der Waals surface area contributed by atoms with Crippen molar-refractivity contribution in [3.05, 3.63) is 83.8 Å². The van der Waals surface area contributed by atoms with Crippen molar-refractivity contribution >= 4 is 21.9 Å². The maximum absolute atomic E-state index is 6.49. The van der Waals surface area contributed by atoms with Crippen LogP contribution < -0.4 is 4.57 Å². The Hall–Kier alpha value is -3.46. The van der Waals surface area contributed by atoms with Crippen molar-refractivity contribution in [1.29, 1.82) is 0 Å². The number of aromatic nitrogens is 2. The van der Waals surface area contributed by atoms with Crippen LogP contribution in [0.1, 0.15) is 58.5 Å². The highest BCUT2D eigenvalue weighted by atomic mass is 16.3. The Morgan fingerprint density at radius 1 is 0.743 bits per heavy atom. The molecule has 0 N–H and O–H groups in total. The number of fused-ring (bicyclic) bond motifs is 3. The van der Waals surface area contributed by atoms with Crippen molar-refractivity contribution in [2.24, 2.45) is 7.05 Å². The van der Waals surface area contributed by atoms with Crippen LogP contribution in [0.2, 0.25) is 0 Å². The van der Waals surface area contributed by atoms with E-state index in [1.807, 2.05) is 0 Å². The van der Waals surface area contributed by atoms with E-state index in [1.54, 1.807) is 0 Å². The standard InChI is InChI=1S/C32H35N2O/c1-20-12-14-23-24-17-21(22-18-27(31(2,3)4)33-28(19-22)32(5,6)7)13-15-26(24)35-30(23)29(20)25-11-9-10-16-34(25)8/h9-19H,1-8H3/q+1. The highest BCUT2D eigenvalue weighted by Crippen LogP contribution is 2.39. The number of aryl methyl sites for hydroxylation is 2. The number of furan rings is 1. The third kappa shape index (κ3) is 4.14. The average Bonchev–Trinajstić information content (AvgIpc) is 3.16. The molecule has 35 heavy (non-hydrogen) atoms. The minimum absolute atomic E-state index is 0.0277. The monoisotopic (exact) mass is 463 g/mol. The molecule has 178 valence electrons. The molecular weight excluding hydrogens is 428 g/mol. The number of nitrogens with zero attached hydrogens (tertiary/aromatic N) is 2. The quantitative estimate of drug-likeness (QED) is 0.248. The van der Waals surface area contributed by atoms with Crippen LogP contribution in [-0.4, -0.2) is 4.98 Å². The van der Waals surface area contributed by atoms with Gasteiger partial charge in [0, 0.05) is 45.1 Å². The first kappa shape index (κ1) is 23.3. The zero-order chi connectivity index (χ0) is 25.1. The van der Waals surface area contributed by atoms with Gasteiger partial charge in [0.15, 0.2) is 6.20 Å². The molecule has 2 aromatic carbocycles. The van der Waals surface area contributed by atoms with Gasteiger partial charge in [0.2, 0.25) is 5.69 Å². The van der Waals surface area contributed by atoms with E-state index in [1.165, 1.54) is 16.7 Å². The van der Waals surface area contributed by atoms with Crippen LogP contribution in [0, 0.1) is 6.92 Å². The van der Waals surface area contributed by atoms with Gasteiger partial charge in [0.1, 0.15) is 18.2 Å². The van der Waals surface area contributed by atoms with Crippen molar-refractivity contribution < 1.29 is 8.98 Å². The van der Waals surface area contributed by atoms with E-state index >= 15 is 0 Å². The van der Waals surface area contributed by atoms with Gasteiger partial charge in [-0.2, -0.15) is 0 Å². The fourth-order valence-corrected chi connectivity index (χ4v) is 4.69. The molecule has 0 amide bonds. The maximum atomic E-state index is 6.49. The van der Waals surface area contributed by atoms with Crippen LogP contribution in [-0.2, 0) is 17.9 Å². The Balaban J connectivity index is 1.75. The molecule has 5 rings (SSSR count). The number of hydrogen-bond donors (Lipinski definition) is 0. The summed E-state index contributed by atoms with van der Waals surface area (Å²) in [6.45, 7) is 15.5. The fourth-order valence-electron chi connectivity index (χ4n) is 4.69. The van der Waals surface area contributed by atoms with Crippen LogP contribution in [0.5, 0.6) is 0 Å². The van der Waals surface area contributed by atoms with Crippen LogP contribution in [0.4, 0.5) is 0 Å². The molecule has 0 aliphatic carbocycles. The molecule has 0 saturated carbocycles. The van der Waals surface area contributed by atoms with Crippen LogP contribution in [0.15, 0.2) is 71.3 Å². The Kier molecular flexibility index (Phi) is 5.36. The Labute approximate surface area is 208 Å². The molecular formula is C32H35N2O+. The van der Waals surface area contributed by atoms with Gasteiger partial charge in [0.05, 0.1) is 5.56 Å². The topological polar surface area (TPSA) is 29.9 Å². The van der Waals surface area contributed by atoms with Crippen molar-refractivity contribution in [3.63, 3.8) is 0 Å². The summed E-state index contributed by atoms with van der Waals surface area (Å²) in [5.74, 6) is 0. The Morgan fingerprint density at radius 2 is 1.43 bits per heavy atom. The Morgan fingerprint density at radius 3 is 2.06 bits per heavy atom. The summed E-state index contributed by atoms with van der Waals surface area (Å²) in [7, 11) is 2.08. The molecule has 0 bridgehead atoms. The number of hydrogen-bond acceptors (Lipinski definition) is 2. The fraction of sp³-hybridized carbons (Fsp3) is 0.312. The molecule has 5 aromatic rings. The molecule has 0 aliphatic rings. The summed E-state index contributed by atoms with van der Waals surface area (Å²) >= 11 is 0. The van der Waals surface area contributed by atoms with E-state index in [4.69, 9.17) is 9.40 Å². The summed E-state index contributed by atoms with van der Waals surface area (Å²) < 4.78 is 8.65. The summed E-state index contributed by atoms with van der Waals surface area (Å²) in [6, 6.07) is 21.7. The van der Waals surface area contributed by atoms with Gasteiger partial charge in [-0.05, 0) is 53.9 Å². The first-order chi connectivity index (χ1) is 16.4. The molecule has 3 heterocycles. The SMILES string of the molecule is Cc1ccc2c(oc3ccc(-c4cc(C(C)(C)C)nc(C(C)(C)C)c4)cc32)c1-c1cccc[n+]1C. The van der Waals surface area contributed by atoms with Crippen molar-refractivity contribution in [3.8, 4) is 22.4 Å². The van der Waals surface area contributed by atoms with Gasteiger partial charge in [-0.25, -0.2) is 4.57 Å². The second kappa shape index (κ2) is 8.05. The molecule has 0 spiro atoms. The average molecular weight is 464 g/mol. The van der Waals surface area contributed by atoms with Gasteiger partial charge >= 0.3 is 0 Å². The lowest BCUT2D eigenvalue weighted by Crippen LogP contribution is -2.30. The lowest BCUT2D eigenvalue weighted by molar-refractivity contribution is -0.660. The molecule has 0 fully saturated rings. The number of rotatable bonds is 2. The summed E-state index contributed by atoms with van der Waals surface area (Å²) in [5, 5.41) is 2.29. The molecule has 3 aromatic heterocycles. The predicted octanol–water partition coefficient (Wildman–Crippen LogP) is 8.04. The van der Waals surface area contributed by atoms with E-state index in [2.05, 4.69) is 127 Å². The van der Waals surface area contributed by atoms with E-state index in [-0.39, 0.29) is 10.8 Å². The third-order valence-electron chi connectivity index (χ3n) is 6.85. The van der Waals surface area contributed by atoms with Gasteiger partial charge in [-0.15, -0.1) is 0 Å². The zero-order valence-electron chi connectivity index (χ0n) is 22.2. The lowest BCUT2D eigenvalue weighted by Gasteiger charge is -2.25. The van der Waals surface area contributed by atoms with Crippen LogP contribution in [0.25, 0.3) is 44.3 Å². The normalized spacial score (nSPS) is 12.6. The first-order valence-electron chi connectivity index (χ1n) is 12.4. The molecule has 0 atom stereocenters. The summed E-state index contributed by atoms with van der Waals surface area (Å²) in [4.78, 5) is 5.05. The second-order valence-corrected chi connectivity index (χ2v) is 11.8. The van der Waals surface area contributed by atoms with Crippen LogP contribution >= 0.6 is 0 Å². The minimum atomic E-state index is -0.0277. The van der Waals surface area contributed by atoms with E-state index in [0.29, 0.717) is 0 Å². The number of benzene rings is 2. The van der Waals surface area contributed by atoms with Crippen molar-refractivity contribution in [2.45, 2.75) is 59.3 Å². The molecule has 3 heteroatoms.